The van der Waals surface area contributed by atoms with Crippen LogP contribution in [0.2, 0.25) is 0 Å². The molecular weight excluding hydrogens is 311 g/mol. The summed E-state index contributed by atoms with van der Waals surface area (Å²) >= 11 is -1.44. The zero-order valence-corrected chi connectivity index (χ0v) is 15.4. The molecule has 0 unspecified atom stereocenters. The summed E-state index contributed by atoms with van der Waals surface area (Å²) in [4.78, 5) is 4.59. The third-order valence-electron chi connectivity index (χ3n) is 3.63. The molecule has 0 aromatic rings. The van der Waals surface area contributed by atoms with Crippen molar-refractivity contribution in [1.29, 1.82) is 0 Å². The second-order valence-corrected chi connectivity index (χ2v) is 9.37. The van der Waals surface area contributed by atoms with Gasteiger partial charge in [0.1, 0.15) is 0 Å². The zero-order valence-electron chi connectivity index (χ0n) is 12.2. The van der Waals surface area contributed by atoms with Crippen molar-refractivity contribution in [3.63, 3.8) is 0 Å². The first-order valence-corrected chi connectivity index (χ1v) is 9.04. The molecule has 0 aromatic heterocycles. The van der Waals surface area contributed by atoms with Gasteiger partial charge in [-0.3, -0.25) is 0 Å². The molecule has 0 atom stereocenters. The van der Waals surface area contributed by atoms with Crippen LogP contribution in [-0.2, 0) is 17.4 Å². The average Bonchev–Trinajstić information content (AvgIpc) is 2.82. The van der Waals surface area contributed by atoms with Crippen LogP contribution in [0.5, 0.6) is 0 Å². The summed E-state index contributed by atoms with van der Waals surface area (Å²) in [5, 5.41) is 0. The summed E-state index contributed by atoms with van der Waals surface area (Å²) in [5.74, 6) is 0. The Hall–Kier alpha value is 0.124. The van der Waals surface area contributed by atoms with Crippen LogP contribution in [0.25, 0.3) is 0 Å². The minimum absolute atomic E-state index is 0. The summed E-state index contributed by atoms with van der Waals surface area (Å²) < 4.78 is 3.36. The van der Waals surface area contributed by atoms with Gasteiger partial charge in [0.25, 0.3) is 0 Å². The number of hydrogen-bond acceptors (Lipinski definition) is 0. The monoisotopic (exact) mass is 334 g/mol. The van der Waals surface area contributed by atoms with E-state index in [2.05, 4.69) is 56.8 Å². The molecule has 0 N–H and O–H groups in total. The predicted octanol–water partition coefficient (Wildman–Crippen LogP) is 5.37. The van der Waals surface area contributed by atoms with Gasteiger partial charge in [-0.05, 0) is 0 Å². The Labute approximate surface area is 135 Å². The van der Waals surface area contributed by atoms with Crippen LogP contribution in [0.3, 0.4) is 0 Å². The first-order valence-electron chi connectivity index (χ1n) is 6.37. The molecular formula is C16H24Cl2Ti. The van der Waals surface area contributed by atoms with Crippen LogP contribution >= 0.6 is 24.8 Å². The molecule has 0 radical (unpaired) electrons. The summed E-state index contributed by atoms with van der Waals surface area (Å²) in [6.07, 6.45) is 11.5. The summed E-state index contributed by atoms with van der Waals surface area (Å²) in [6, 6.07) is 0. The molecule has 0 fully saturated rings. The van der Waals surface area contributed by atoms with Gasteiger partial charge in [0.15, 0.2) is 0 Å². The molecule has 19 heavy (non-hydrogen) atoms. The summed E-state index contributed by atoms with van der Waals surface area (Å²) in [6.45, 7) is 9.20. The molecule has 0 saturated carbocycles. The Morgan fingerprint density at radius 3 is 2.00 bits per heavy atom. The molecule has 3 heteroatoms. The van der Waals surface area contributed by atoms with Crippen molar-refractivity contribution < 1.29 is 17.4 Å². The molecule has 0 amide bonds. The Morgan fingerprint density at radius 2 is 1.53 bits per heavy atom. The number of allylic oxidation sites excluding steroid dienone is 8. The molecule has 0 heterocycles. The first kappa shape index (κ1) is 19.1. The van der Waals surface area contributed by atoms with Crippen molar-refractivity contribution in [3.8, 4) is 0 Å². The van der Waals surface area contributed by atoms with Gasteiger partial charge in [-0.2, -0.15) is 0 Å². The Bertz CT molecular complexity index is 485. The van der Waals surface area contributed by atoms with Crippen LogP contribution in [0.15, 0.2) is 43.2 Å². The van der Waals surface area contributed by atoms with Crippen LogP contribution in [0.1, 0.15) is 40.5 Å². The topological polar surface area (TPSA) is 0 Å². The van der Waals surface area contributed by atoms with Crippen molar-refractivity contribution in [2.24, 2.45) is 5.41 Å². The quantitative estimate of drug-likeness (QED) is 0.595. The van der Waals surface area contributed by atoms with Crippen molar-refractivity contribution in [1.82, 2.24) is 0 Å². The third-order valence-corrected chi connectivity index (χ3v) is 7.58. The van der Waals surface area contributed by atoms with Gasteiger partial charge in [0, 0.05) is 0 Å². The number of rotatable bonds is 2. The number of hydrogen-bond donors (Lipinski definition) is 0. The average molecular weight is 335 g/mol. The SMILES string of the molecule is Cl.Cl.[CH2]=[Ti]([C]1=C(C)C=CC1)[C]1=C(C(C)(C)C)C=CC1. The molecule has 106 valence electrons. The van der Waals surface area contributed by atoms with Crippen molar-refractivity contribution in [2.45, 2.75) is 40.5 Å². The summed E-state index contributed by atoms with van der Waals surface area (Å²) in [5.41, 5.74) is 3.33. The maximum atomic E-state index is 4.59. The molecule has 0 nitrogen and oxygen atoms in total. The first-order chi connectivity index (χ1) is 7.91. The molecule has 2 aliphatic rings. The van der Waals surface area contributed by atoms with E-state index in [4.69, 9.17) is 0 Å². The molecule has 0 aliphatic heterocycles. The van der Waals surface area contributed by atoms with Crippen LogP contribution in [0, 0.1) is 5.41 Å². The molecule has 0 saturated heterocycles. The van der Waals surface area contributed by atoms with E-state index in [1.54, 1.807) is 13.3 Å². The van der Waals surface area contributed by atoms with Gasteiger partial charge >= 0.3 is 111 Å². The van der Waals surface area contributed by atoms with Crippen LogP contribution in [-0.4, -0.2) is 4.82 Å². The van der Waals surface area contributed by atoms with Gasteiger partial charge in [0.05, 0.1) is 0 Å². The third kappa shape index (κ3) is 4.05. The van der Waals surface area contributed by atoms with Crippen molar-refractivity contribution in [3.05, 3.63) is 43.2 Å². The normalized spacial score (nSPS) is 17.7. The van der Waals surface area contributed by atoms with E-state index in [-0.39, 0.29) is 30.2 Å². The fourth-order valence-electron chi connectivity index (χ4n) is 2.65. The Balaban J connectivity index is 0.00000162. The van der Waals surface area contributed by atoms with Crippen LogP contribution in [0.4, 0.5) is 0 Å². The van der Waals surface area contributed by atoms with Gasteiger partial charge < -0.3 is 0 Å². The fraction of sp³-hybridized carbons (Fsp3) is 0.438. The van der Waals surface area contributed by atoms with Crippen molar-refractivity contribution >= 4 is 29.6 Å². The maximum absolute atomic E-state index is 4.59. The zero-order chi connectivity index (χ0) is 12.6. The van der Waals surface area contributed by atoms with Gasteiger partial charge in [0.2, 0.25) is 0 Å². The van der Waals surface area contributed by atoms with E-state index < -0.39 is 17.4 Å². The molecule has 0 spiro atoms. The second kappa shape index (κ2) is 7.22. The van der Waals surface area contributed by atoms with Crippen LogP contribution < -0.4 is 0 Å². The van der Waals surface area contributed by atoms with Gasteiger partial charge in [-0.25, -0.2) is 0 Å². The van der Waals surface area contributed by atoms with E-state index in [0.717, 1.165) is 12.8 Å². The number of halogens is 2. The van der Waals surface area contributed by atoms with Gasteiger partial charge in [-0.1, -0.05) is 0 Å². The van der Waals surface area contributed by atoms with E-state index in [1.807, 2.05) is 0 Å². The van der Waals surface area contributed by atoms with E-state index in [9.17, 15) is 0 Å². The van der Waals surface area contributed by atoms with Crippen molar-refractivity contribution in [2.75, 3.05) is 0 Å². The molecule has 0 aromatic carbocycles. The Morgan fingerprint density at radius 1 is 1.00 bits per heavy atom. The van der Waals surface area contributed by atoms with E-state index >= 15 is 0 Å². The predicted molar refractivity (Wildman–Crippen MR) is 88.3 cm³/mol. The minimum atomic E-state index is -1.44. The molecule has 0 bridgehead atoms. The second-order valence-electron chi connectivity index (χ2n) is 6.00. The molecule has 2 aliphatic carbocycles. The standard InChI is InChI=1S/C9H13.C6H7.CH2.2ClH.Ti/c1-9(2,3)8-6-4-5-7-8;1-6-4-2-3-5-6;;;;/h4,6H,5H2,1-3H3;2,4H,3H2,1H3;1H2;2*1H;. The van der Waals surface area contributed by atoms with E-state index in [1.165, 1.54) is 5.57 Å². The van der Waals surface area contributed by atoms with Gasteiger partial charge in [-0.15, -0.1) is 24.8 Å². The summed E-state index contributed by atoms with van der Waals surface area (Å²) in [7, 11) is 0. The molecule has 2 rings (SSSR count). The van der Waals surface area contributed by atoms with E-state index in [0.29, 0.717) is 0 Å². The Kier molecular flexibility index (Phi) is 7.27. The fourth-order valence-corrected chi connectivity index (χ4v) is 6.46.